The van der Waals surface area contributed by atoms with Crippen LogP contribution in [0.25, 0.3) is 0 Å². The minimum absolute atomic E-state index is 0.0173. The van der Waals surface area contributed by atoms with Crippen LogP contribution in [0.5, 0.6) is 0 Å². The standard InChI is InChI=1S/C13H16F3N3O2/c1-7(18-8(2)11(20)19-12(17)21)9-5-3-4-6-10(9)13(14,15)16/h3-8,18H,1-2H3,(H3,17,19,20,21). The first-order chi connectivity index (χ1) is 9.62. The van der Waals surface area contributed by atoms with Gasteiger partial charge in [0.1, 0.15) is 0 Å². The number of imide groups is 1. The first kappa shape index (κ1) is 17.0. The molecule has 0 aliphatic carbocycles. The fourth-order valence-electron chi connectivity index (χ4n) is 1.90. The lowest BCUT2D eigenvalue weighted by Crippen LogP contribution is -2.47. The van der Waals surface area contributed by atoms with Crippen molar-refractivity contribution in [2.24, 2.45) is 5.73 Å². The van der Waals surface area contributed by atoms with Gasteiger partial charge in [-0.3, -0.25) is 15.4 Å². The van der Waals surface area contributed by atoms with Gasteiger partial charge in [0.2, 0.25) is 5.91 Å². The molecule has 0 saturated carbocycles. The topological polar surface area (TPSA) is 84.2 Å². The second-order valence-electron chi connectivity index (χ2n) is 4.55. The number of amides is 3. The van der Waals surface area contributed by atoms with E-state index in [9.17, 15) is 22.8 Å². The highest BCUT2D eigenvalue weighted by atomic mass is 19.4. The lowest BCUT2D eigenvalue weighted by molar-refractivity contribution is -0.138. The molecule has 0 heterocycles. The number of carbonyl (C=O) groups excluding carboxylic acids is 2. The molecule has 0 aliphatic heterocycles. The molecule has 1 rings (SSSR count). The summed E-state index contributed by atoms with van der Waals surface area (Å²) in [5.41, 5.74) is 4.05. The molecule has 0 aliphatic rings. The van der Waals surface area contributed by atoms with Crippen LogP contribution in [0.4, 0.5) is 18.0 Å². The molecular formula is C13H16F3N3O2. The van der Waals surface area contributed by atoms with Gasteiger partial charge in [-0.05, 0) is 25.5 Å². The zero-order valence-electron chi connectivity index (χ0n) is 11.5. The lowest BCUT2D eigenvalue weighted by atomic mass is 10.0. The van der Waals surface area contributed by atoms with E-state index in [1.165, 1.54) is 32.0 Å². The van der Waals surface area contributed by atoms with Crippen molar-refractivity contribution in [2.75, 3.05) is 0 Å². The van der Waals surface area contributed by atoms with Gasteiger partial charge in [-0.1, -0.05) is 18.2 Å². The van der Waals surface area contributed by atoms with Crippen molar-refractivity contribution in [1.29, 1.82) is 0 Å². The number of primary amides is 1. The Labute approximate surface area is 119 Å². The molecule has 116 valence electrons. The third-order valence-electron chi connectivity index (χ3n) is 2.87. The van der Waals surface area contributed by atoms with Crippen LogP contribution in [-0.4, -0.2) is 18.0 Å². The third kappa shape index (κ3) is 4.75. The summed E-state index contributed by atoms with van der Waals surface area (Å²) in [7, 11) is 0. The SMILES string of the molecule is CC(NC(C)c1ccccc1C(F)(F)F)C(=O)NC(N)=O. The second-order valence-corrected chi connectivity index (χ2v) is 4.55. The zero-order chi connectivity index (χ0) is 16.2. The van der Waals surface area contributed by atoms with Gasteiger partial charge in [-0.25, -0.2) is 4.79 Å². The molecule has 4 N–H and O–H groups in total. The number of carbonyl (C=O) groups is 2. The number of nitrogens with two attached hydrogens (primary N) is 1. The minimum atomic E-state index is -4.48. The Balaban J connectivity index is 2.88. The number of benzene rings is 1. The Morgan fingerprint density at radius 1 is 1.19 bits per heavy atom. The predicted molar refractivity (Wildman–Crippen MR) is 70.2 cm³/mol. The molecule has 0 spiro atoms. The molecule has 1 aromatic carbocycles. The number of urea groups is 1. The van der Waals surface area contributed by atoms with Crippen molar-refractivity contribution >= 4 is 11.9 Å². The van der Waals surface area contributed by atoms with Crippen LogP contribution in [-0.2, 0) is 11.0 Å². The fourth-order valence-corrected chi connectivity index (χ4v) is 1.90. The highest BCUT2D eigenvalue weighted by Crippen LogP contribution is 2.34. The van der Waals surface area contributed by atoms with E-state index in [4.69, 9.17) is 5.73 Å². The highest BCUT2D eigenvalue weighted by Gasteiger charge is 2.34. The molecular weight excluding hydrogens is 287 g/mol. The number of alkyl halides is 3. The van der Waals surface area contributed by atoms with Crippen LogP contribution >= 0.6 is 0 Å². The van der Waals surface area contributed by atoms with Crippen LogP contribution in [0.15, 0.2) is 24.3 Å². The summed E-state index contributed by atoms with van der Waals surface area (Å²) < 4.78 is 38.7. The van der Waals surface area contributed by atoms with E-state index in [-0.39, 0.29) is 5.56 Å². The summed E-state index contributed by atoms with van der Waals surface area (Å²) in [5, 5.41) is 4.55. The van der Waals surface area contributed by atoms with Crippen molar-refractivity contribution in [2.45, 2.75) is 32.1 Å². The van der Waals surface area contributed by atoms with E-state index in [1.54, 1.807) is 0 Å². The van der Waals surface area contributed by atoms with Gasteiger partial charge in [0.05, 0.1) is 11.6 Å². The normalized spacial score (nSPS) is 14.3. The van der Waals surface area contributed by atoms with Gasteiger partial charge in [-0.15, -0.1) is 0 Å². The average molecular weight is 303 g/mol. The second kappa shape index (κ2) is 6.57. The number of hydrogen-bond acceptors (Lipinski definition) is 3. The van der Waals surface area contributed by atoms with Crippen molar-refractivity contribution in [1.82, 2.24) is 10.6 Å². The summed E-state index contributed by atoms with van der Waals surface area (Å²) >= 11 is 0. The summed E-state index contributed by atoms with van der Waals surface area (Å²) in [4.78, 5) is 22.1. The van der Waals surface area contributed by atoms with E-state index in [0.29, 0.717) is 0 Å². The number of halogens is 3. The molecule has 5 nitrogen and oxygen atoms in total. The average Bonchev–Trinajstić information content (AvgIpc) is 2.36. The highest BCUT2D eigenvalue weighted by molar-refractivity contribution is 5.96. The number of rotatable bonds is 4. The smallest absolute Gasteiger partial charge is 0.351 e. The van der Waals surface area contributed by atoms with Gasteiger partial charge in [0, 0.05) is 6.04 Å². The first-order valence-electron chi connectivity index (χ1n) is 6.15. The lowest BCUT2D eigenvalue weighted by Gasteiger charge is -2.22. The largest absolute Gasteiger partial charge is 0.416 e. The summed E-state index contributed by atoms with van der Waals surface area (Å²) in [6.45, 7) is 2.92. The maximum atomic E-state index is 12.9. The van der Waals surface area contributed by atoms with E-state index in [0.717, 1.165) is 6.07 Å². The van der Waals surface area contributed by atoms with E-state index < -0.39 is 35.8 Å². The van der Waals surface area contributed by atoms with Crippen LogP contribution in [0, 0.1) is 0 Å². The minimum Gasteiger partial charge on any atom is -0.351 e. The van der Waals surface area contributed by atoms with Crippen LogP contribution in [0.2, 0.25) is 0 Å². The summed E-state index contributed by atoms with van der Waals surface area (Å²) in [6, 6.07) is 2.45. The van der Waals surface area contributed by atoms with E-state index >= 15 is 0 Å². The van der Waals surface area contributed by atoms with Gasteiger partial charge in [-0.2, -0.15) is 13.2 Å². The fraction of sp³-hybridized carbons (Fsp3) is 0.385. The molecule has 0 aromatic heterocycles. The monoisotopic (exact) mass is 303 g/mol. The molecule has 3 amide bonds. The molecule has 0 bridgehead atoms. The van der Waals surface area contributed by atoms with E-state index in [2.05, 4.69) is 5.32 Å². The molecule has 8 heteroatoms. The van der Waals surface area contributed by atoms with Crippen LogP contribution in [0.1, 0.15) is 31.0 Å². The number of hydrogen-bond donors (Lipinski definition) is 3. The van der Waals surface area contributed by atoms with Crippen molar-refractivity contribution in [3.8, 4) is 0 Å². The van der Waals surface area contributed by atoms with E-state index in [1.807, 2.05) is 5.32 Å². The molecule has 2 unspecified atom stereocenters. The zero-order valence-corrected chi connectivity index (χ0v) is 11.5. The van der Waals surface area contributed by atoms with Crippen molar-refractivity contribution in [3.63, 3.8) is 0 Å². The van der Waals surface area contributed by atoms with Gasteiger partial charge in [0.25, 0.3) is 0 Å². The van der Waals surface area contributed by atoms with Crippen molar-refractivity contribution < 1.29 is 22.8 Å². The van der Waals surface area contributed by atoms with Crippen molar-refractivity contribution in [3.05, 3.63) is 35.4 Å². The Bertz CT molecular complexity index is 532. The van der Waals surface area contributed by atoms with Gasteiger partial charge >= 0.3 is 12.2 Å². The maximum Gasteiger partial charge on any atom is 0.416 e. The molecule has 21 heavy (non-hydrogen) atoms. The Morgan fingerprint density at radius 3 is 2.29 bits per heavy atom. The third-order valence-corrected chi connectivity index (χ3v) is 2.87. The Kier molecular flexibility index (Phi) is 5.31. The molecule has 0 radical (unpaired) electrons. The molecule has 1 aromatic rings. The summed E-state index contributed by atoms with van der Waals surface area (Å²) in [5.74, 6) is -0.709. The number of nitrogens with one attached hydrogen (secondary N) is 2. The first-order valence-corrected chi connectivity index (χ1v) is 6.15. The Morgan fingerprint density at radius 2 is 1.76 bits per heavy atom. The predicted octanol–water partition coefficient (Wildman–Crippen LogP) is 1.94. The quantitative estimate of drug-likeness (QED) is 0.794. The Hall–Kier alpha value is -2.09. The molecule has 0 saturated heterocycles. The van der Waals surface area contributed by atoms with Crippen LogP contribution < -0.4 is 16.4 Å². The maximum absolute atomic E-state index is 12.9. The molecule has 0 fully saturated rings. The summed E-state index contributed by atoms with van der Waals surface area (Å²) in [6.07, 6.45) is -4.48. The van der Waals surface area contributed by atoms with Crippen LogP contribution in [0.3, 0.4) is 0 Å². The van der Waals surface area contributed by atoms with Gasteiger partial charge < -0.3 is 5.73 Å². The molecule has 2 atom stereocenters. The van der Waals surface area contributed by atoms with Gasteiger partial charge in [0.15, 0.2) is 0 Å².